The van der Waals surface area contributed by atoms with Crippen LogP contribution in [-0.2, 0) is 11.3 Å². The van der Waals surface area contributed by atoms with Crippen LogP contribution in [0.4, 0.5) is 0 Å². The topological polar surface area (TPSA) is 80.9 Å². The van der Waals surface area contributed by atoms with Gasteiger partial charge in [0.1, 0.15) is 5.69 Å². The summed E-state index contributed by atoms with van der Waals surface area (Å²) in [5.41, 5.74) is 1.78. The SMILES string of the molecule is O=C(O)CCCCCCn1cc(-c2cccnc2)nn1. The molecule has 0 aliphatic carbocycles. The van der Waals surface area contributed by atoms with Crippen molar-refractivity contribution in [1.82, 2.24) is 20.0 Å². The molecule has 0 aliphatic rings. The molecular formula is C14H18N4O2. The van der Waals surface area contributed by atoms with Gasteiger partial charge in [-0.3, -0.25) is 14.5 Å². The van der Waals surface area contributed by atoms with E-state index >= 15 is 0 Å². The zero-order valence-electron chi connectivity index (χ0n) is 11.3. The minimum atomic E-state index is -0.720. The maximum atomic E-state index is 10.4. The first kappa shape index (κ1) is 14.2. The Morgan fingerprint density at radius 1 is 1.25 bits per heavy atom. The van der Waals surface area contributed by atoms with Crippen molar-refractivity contribution in [3.05, 3.63) is 30.7 Å². The molecule has 2 aromatic rings. The number of unbranched alkanes of at least 4 members (excludes halogenated alkanes) is 3. The van der Waals surface area contributed by atoms with Crippen molar-refractivity contribution >= 4 is 5.97 Å². The summed E-state index contributed by atoms with van der Waals surface area (Å²) >= 11 is 0. The summed E-state index contributed by atoms with van der Waals surface area (Å²) in [5, 5.41) is 16.7. The van der Waals surface area contributed by atoms with Crippen LogP contribution in [-0.4, -0.2) is 31.1 Å². The molecule has 106 valence electrons. The van der Waals surface area contributed by atoms with Gasteiger partial charge in [0.15, 0.2) is 0 Å². The number of hydrogen-bond donors (Lipinski definition) is 1. The Morgan fingerprint density at radius 3 is 2.85 bits per heavy atom. The van der Waals surface area contributed by atoms with Crippen LogP contribution in [0, 0.1) is 0 Å². The van der Waals surface area contributed by atoms with Crippen LogP contribution in [0.25, 0.3) is 11.3 Å². The van der Waals surface area contributed by atoms with Gasteiger partial charge in [0.25, 0.3) is 0 Å². The van der Waals surface area contributed by atoms with Gasteiger partial charge in [-0.05, 0) is 25.0 Å². The number of rotatable bonds is 8. The van der Waals surface area contributed by atoms with Crippen LogP contribution in [0.3, 0.4) is 0 Å². The highest BCUT2D eigenvalue weighted by Crippen LogP contribution is 2.14. The molecule has 2 aromatic heterocycles. The van der Waals surface area contributed by atoms with Crippen LogP contribution in [0.5, 0.6) is 0 Å². The van der Waals surface area contributed by atoms with Crippen molar-refractivity contribution in [2.45, 2.75) is 38.6 Å². The highest BCUT2D eigenvalue weighted by molar-refractivity contribution is 5.66. The zero-order valence-corrected chi connectivity index (χ0v) is 11.3. The summed E-state index contributed by atoms with van der Waals surface area (Å²) in [7, 11) is 0. The van der Waals surface area contributed by atoms with Crippen molar-refractivity contribution in [2.24, 2.45) is 0 Å². The second kappa shape index (κ2) is 7.37. The Kier molecular flexibility index (Phi) is 5.23. The van der Waals surface area contributed by atoms with E-state index in [9.17, 15) is 4.79 Å². The minimum Gasteiger partial charge on any atom is -0.481 e. The number of carboxylic acid groups (broad SMARTS) is 1. The first-order valence-electron chi connectivity index (χ1n) is 6.78. The molecule has 0 bridgehead atoms. The lowest BCUT2D eigenvalue weighted by molar-refractivity contribution is -0.137. The third kappa shape index (κ3) is 4.46. The molecule has 0 atom stereocenters. The van der Waals surface area contributed by atoms with Gasteiger partial charge in [0.2, 0.25) is 0 Å². The first-order chi connectivity index (χ1) is 9.75. The van der Waals surface area contributed by atoms with E-state index < -0.39 is 5.97 Å². The fourth-order valence-electron chi connectivity index (χ4n) is 1.96. The smallest absolute Gasteiger partial charge is 0.303 e. The van der Waals surface area contributed by atoms with Crippen molar-refractivity contribution in [2.75, 3.05) is 0 Å². The summed E-state index contributed by atoms with van der Waals surface area (Å²) in [6, 6.07) is 3.82. The molecule has 0 saturated heterocycles. The molecule has 1 N–H and O–H groups in total. The number of aryl methyl sites for hydroxylation is 1. The maximum absolute atomic E-state index is 10.4. The Labute approximate surface area is 117 Å². The second-order valence-corrected chi connectivity index (χ2v) is 4.67. The highest BCUT2D eigenvalue weighted by atomic mass is 16.4. The van der Waals surface area contributed by atoms with Crippen molar-refractivity contribution < 1.29 is 9.90 Å². The quantitative estimate of drug-likeness (QED) is 0.747. The van der Waals surface area contributed by atoms with Crippen LogP contribution in [0.15, 0.2) is 30.7 Å². The molecule has 0 saturated carbocycles. The monoisotopic (exact) mass is 274 g/mol. The summed E-state index contributed by atoms with van der Waals surface area (Å²) in [6.45, 7) is 0.806. The molecule has 6 nitrogen and oxygen atoms in total. The van der Waals surface area contributed by atoms with Gasteiger partial charge < -0.3 is 5.11 Å². The Bertz CT molecular complexity index is 539. The third-order valence-electron chi connectivity index (χ3n) is 3.02. The van der Waals surface area contributed by atoms with E-state index in [0.29, 0.717) is 0 Å². The standard InChI is InChI=1S/C14H18N4O2/c19-14(20)7-3-1-2-4-9-18-11-13(16-17-18)12-6-5-8-15-10-12/h5-6,8,10-11H,1-4,7,9H2,(H,19,20). The number of aliphatic carboxylic acids is 1. The number of carboxylic acids is 1. The molecule has 0 fully saturated rings. The van der Waals surface area contributed by atoms with E-state index in [1.54, 1.807) is 12.4 Å². The number of carbonyl (C=O) groups is 1. The van der Waals surface area contributed by atoms with Crippen LogP contribution in [0.2, 0.25) is 0 Å². The summed E-state index contributed by atoms with van der Waals surface area (Å²) in [4.78, 5) is 14.4. The van der Waals surface area contributed by atoms with Gasteiger partial charge in [-0.25, -0.2) is 0 Å². The molecular weight excluding hydrogens is 256 g/mol. The molecule has 0 unspecified atom stereocenters. The third-order valence-corrected chi connectivity index (χ3v) is 3.02. The van der Waals surface area contributed by atoms with E-state index in [0.717, 1.165) is 43.5 Å². The van der Waals surface area contributed by atoms with Gasteiger partial charge in [-0.2, -0.15) is 0 Å². The van der Waals surface area contributed by atoms with Gasteiger partial charge >= 0.3 is 5.97 Å². The molecule has 20 heavy (non-hydrogen) atoms. The molecule has 0 spiro atoms. The Hall–Kier alpha value is -2.24. The number of nitrogens with zero attached hydrogens (tertiary/aromatic N) is 4. The van der Waals surface area contributed by atoms with Crippen LogP contribution >= 0.6 is 0 Å². The van der Waals surface area contributed by atoms with Crippen molar-refractivity contribution in [3.63, 3.8) is 0 Å². The van der Waals surface area contributed by atoms with Gasteiger partial charge in [0.05, 0.1) is 6.20 Å². The minimum absolute atomic E-state index is 0.258. The Balaban J connectivity index is 1.72. The van der Waals surface area contributed by atoms with Gasteiger partial charge in [0, 0.05) is 30.9 Å². The zero-order chi connectivity index (χ0) is 14.2. The summed E-state index contributed by atoms with van der Waals surface area (Å²) in [6.07, 6.45) is 9.34. The van der Waals surface area contributed by atoms with E-state index in [1.165, 1.54) is 0 Å². The summed E-state index contributed by atoms with van der Waals surface area (Å²) < 4.78 is 1.82. The molecule has 0 aromatic carbocycles. The molecule has 2 rings (SSSR count). The molecule has 6 heteroatoms. The largest absolute Gasteiger partial charge is 0.481 e. The van der Waals surface area contributed by atoms with Gasteiger partial charge in [-0.1, -0.05) is 18.1 Å². The van der Waals surface area contributed by atoms with Gasteiger partial charge in [-0.15, -0.1) is 5.10 Å². The van der Waals surface area contributed by atoms with Crippen LogP contribution < -0.4 is 0 Å². The lowest BCUT2D eigenvalue weighted by Gasteiger charge is -2.00. The van der Waals surface area contributed by atoms with E-state index in [2.05, 4.69) is 15.3 Å². The van der Waals surface area contributed by atoms with E-state index in [1.807, 2.05) is 23.0 Å². The van der Waals surface area contributed by atoms with Crippen molar-refractivity contribution in [3.8, 4) is 11.3 Å². The average molecular weight is 274 g/mol. The molecule has 2 heterocycles. The average Bonchev–Trinajstić information content (AvgIpc) is 2.92. The number of pyridine rings is 1. The predicted molar refractivity (Wildman–Crippen MR) is 74.0 cm³/mol. The highest BCUT2D eigenvalue weighted by Gasteiger charge is 2.03. The van der Waals surface area contributed by atoms with Crippen molar-refractivity contribution in [1.29, 1.82) is 0 Å². The fraction of sp³-hybridized carbons (Fsp3) is 0.429. The number of aromatic nitrogens is 4. The summed E-state index contributed by atoms with van der Waals surface area (Å²) in [5.74, 6) is -0.720. The molecule has 0 aliphatic heterocycles. The van der Waals surface area contributed by atoms with Crippen LogP contribution in [0.1, 0.15) is 32.1 Å². The normalized spacial score (nSPS) is 10.6. The lowest BCUT2D eigenvalue weighted by Crippen LogP contribution is -1.99. The first-order valence-corrected chi connectivity index (χ1v) is 6.78. The predicted octanol–water partition coefficient (Wildman–Crippen LogP) is 2.38. The lowest BCUT2D eigenvalue weighted by atomic mass is 10.1. The molecule has 0 amide bonds. The second-order valence-electron chi connectivity index (χ2n) is 4.67. The number of hydrogen-bond acceptors (Lipinski definition) is 4. The molecule has 0 radical (unpaired) electrons. The Morgan fingerprint density at radius 2 is 2.10 bits per heavy atom. The van der Waals surface area contributed by atoms with E-state index in [-0.39, 0.29) is 6.42 Å². The van der Waals surface area contributed by atoms with E-state index in [4.69, 9.17) is 5.11 Å². The fourth-order valence-corrected chi connectivity index (χ4v) is 1.96. The maximum Gasteiger partial charge on any atom is 0.303 e.